The van der Waals surface area contributed by atoms with Gasteiger partial charge in [0, 0.05) is 13.1 Å². The fourth-order valence-corrected chi connectivity index (χ4v) is 2.10. The Bertz CT molecular complexity index is 406. The van der Waals surface area contributed by atoms with Crippen molar-refractivity contribution < 1.29 is 9.13 Å². The van der Waals surface area contributed by atoms with Gasteiger partial charge in [0.25, 0.3) is 0 Å². The van der Waals surface area contributed by atoms with E-state index in [0.717, 1.165) is 31.7 Å². The lowest BCUT2D eigenvalue weighted by Gasteiger charge is -2.18. The van der Waals surface area contributed by atoms with Gasteiger partial charge >= 0.3 is 0 Å². The van der Waals surface area contributed by atoms with E-state index in [0.29, 0.717) is 24.8 Å². The highest BCUT2D eigenvalue weighted by Crippen LogP contribution is 2.18. The predicted octanol–water partition coefficient (Wildman–Crippen LogP) is 3.29. The van der Waals surface area contributed by atoms with Crippen molar-refractivity contribution in [2.45, 2.75) is 34.2 Å². The first kappa shape index (κ1) is 17.9. The Morgan fingerprint density at radius 2 is 1.95 bits per heavy atom. The molecule has 4 heteroatoms. The van der Waals surface area contributed by atoms with Gasteiger partial charge in [-0.05, 0) is 43.2 Å². The van der Waals surface area contributed by atoms with Gasteiger partial charge in [-0.3, -0.25) is 0 Å². The first-order valence-electron chi connectivity index (χ1n) is 7.91. The number of nitrogens with one attached hydrogen (secondary N) is 1. The summed E-state index contributed by atoms with van der Waals surface area (Å²) in [7, 11) is 0. The first-order chi connectivity index (χ1) is 10.1. The third-order valence-corrected chi connectivity index (χ3v) is 3.44. The Hall–Kier alpha value is -1.13. The van der Waals surface area contributed by atoms with Gasteiger partial charge in [0.1, 0.15) is 6.61 Å². The van der Waals surface area contributed by atoms with E-state index in [9.17, 15) is 4.39 Å². The van der Waals surface area contributed by atoms with E-state index in [2.05, 4.69) is 37.9 Å². The smallest absolute Gasteiger partial charge is 0.165 e. The Kier molecular flexibility index (Phi) is 8.31. The molecule has 0 aliphatic heterocycles. The molecule has 3 nitrogen and oxygen atoms in total. The predicted molar refractivity (Wildman–Crippen MR) is 86.2 cm³/mol. The average Bonchev–Trinajstić information content (AvgIpc) is 2.45. The molecule has 1 aromatic rings. The summed E-state index contributed by atoms with van der Waals surface area (Å²) < 4.78 is 19.5. The molecule has 1 aromatic carbocycles. The van der Waals surface area contributed by atoms with Crippen LogP contribution in [0.25, 0.3) is 0 Å². The van der Waals surface area contributed by atoms with Crippen molar-refractivity contribution in [3.8, 4) is 5.75 Å². The summed E-state index contributed by atoms with van der Waals surface area (Å²) in [6, 6.07) is 5.20. The number of rotatable bonds is 10. The Morgan fingerprint density at radius 1 is 1.24 bits per heavy atom. The Morgan fingerprint density at radius 3 is 2.52 bits per heavy atom. The molecule has 0 radical (unpaired) electrons. The first-order valence-corrected chi connectivity index (χ1v) is 7.91. The van der Waals surface area contributed by atoms with Gasteiger partial charge in [0.15, 0.2) is 11.6 Å². The molecule has 1 rings (SSSR count). The van der Waals surface area contributed by atoms with Crippen molar-refractivity contribution in [2.24, 2.45) is 5.92 Å². The molecule has 0 spiro atoms. The maximum atomic E-state index is 14.0. The molecule has 0 aliphatic rings. The van der Waals surface area contributed by atoms with Gasteiger partial charge in [-0.15, -0.1) is 0 Å². The van der Waals surface area contributed by atoms with Crippen molar-refractivity contribution in [3.05, 3.63) is 29.6 Å². The van der Waals surface area contributed by atoms with Crippen molar-refractivity contribution >= 4 is 0 Å². The zero-order valence-electron chi connectivity index (χ0n) is 13.8. The number of nitrogens with zero attached hydrogens (tertiary/aromatic N) is 1. The fraction of sp³-hybridized carbons (Fsp3) is 0.647. The summed E-state index contributed by atoms with van der Waals surface area (Å²) in [5.41, 5.74) is 0.948. The third-order valence-electron chi connectivity index (χ3n) is 3.44. The second-order valence-electron chi connectivity index (χ2n) is 5.66. The molecule has 0 saturated carbocycles. The molecule has 0 unspecified atom stereocenters. The van der Waals surface area contributed by atoms with Crippen molar-refractivity contribution in [3.63, 3.8) is 0 Å². The van der Waals surface area contributed by atoms with Crippen LogP contribution in [0.15, 0.2) is 18.2 Å². The highest BCUT2D eigenvalue weighted by atomic mass is 19.1. The molecule has 0 bridgehead atoms. The molecule has 120 valence electrons. The highest BCUT2D eigenvalue weighted by molar-refractivity contribution is 5.29. The lowest BCUT2D eigenvalue weighted by molar-refractivity contribution is 0.217. The van der Waals surface area contributed by atoms with Gasteiger partial charge in [-0.1, -0.05) is 33.8 Å². The van der Waals surface area contributed by atoms with E-state index in [4.69, 9.17) is 4.74 Å². The van der Waals surface area contributed by atoms with Crippen LogP contribution in [-0.4, -0.2) is 37.7 Å². The quantitative estimate of drug-likeness (QED) is 0.717. The molecule has 0 amide bonds. The van der Waals surface area contributed by atoms with Gasteiger partial charge in [0.05, 0.1) is 0 Å². The topological polar surface area (TPSA) is 24.5 Å². The summed E-state index contributed by atoms with van der Waals surface area (Å²) in [5.74, 6) is 0.658. The van der Waals surface area contributed by atoms with Crippen molar-refractivity contribution in [1.82, 2.24) is 10.2 Å². The summed E-state index contributed by atoms with van der Waals surface area (Å²) in [6.07, 6.45) is 0. The summed E-state index contributed by atoms with van der Waals surface area (Å²) in [5, 5.41) is 3.31. The highest BCUT2D eigenvalue weighted by Gasteiger charge is 2.06. The minimum atomic E-state index is -0.279. The number of halogens is 1. The lowest BCUT2D eigenvalue weighted by atomic mass is 10.2. The van der Waals surface area contributed by atoms with Gasteiger partial charge in [0.2, 0.25) is 0 Å². The fourth-order valence-electron chi connectivity index (χ4n) is 2.10. The molecule has 0 atom stereocenters. The third kappa shape index (κ3) is 6.91. The maximum absolute atomic E-state index is 14.0. The Labute approximate surface area is 128 Å². The number of likely N-dealkylation sites (N-methyl/N-ethyl adjacent to an activating group) is 1. The standard InChI is InChI=1S/C17H29FN2O/c1-5-20(6-2)9-10-21-17-8-7-15(11-16(17)18)13-19-12-14(3)4/h7-8,11,14,19H,5-6,9-10,12-13H2,1-4H3. The van der Waals surface area contributed by atoms with E-state index in [1.165, 1.54) is 0 Å². The van der Waals surface area contributed by atoms with Crippen LogP contribution in [0.5, 0.6) is 5.75 Å². The minimum absolute atomic E-state index is 0.279. The van der Waals surface area contributed by atoms with E-state index < -0.39 is 0 Å². The maximum Gasteiger partial charge on any atom is 0.165 e. The molecule has 0 saturated heterocycles. The SMILES string of the molecule is CCN(CC)CCOc1ccc(CNCC(C)C)cc1F. The molecule has 0 aromatic heterocycles. The summed E-state index contributed by atoms with van der Waals surface area (Å²) in [6.45, 7) is 13.5. The monoisotopic (exact) mass is 296 g/mol. The molecule has 21 heavy (non-hydrogen) atoms. The number of hydrogen-bond acceptors (Lipinski definition) is 3. The molecule has 0 fully saturated rings. The molecular formula is C17H29FN2O. The van der Waals surface area contributed by atoms with Crippen molar-refractivity contribution in [1.29, 1.82) is 0 Å². The van der Waals surface area contributed by atoms with Gasteiger partial charge in [-0.25, -0.2) is 4.39 Å². The average molecular weight is 296 g/mol. The minimum Gasteiger partial charge on any atom is -0.489 e. The zero-order chi connectivity index (χ0) is 15.7. The molecule has 1 N–H and O–H groups in total. The lowest BCUT2D eigenvalue weighted by Crippen LogP contribution is -2.28. The van der Waals surface area contributed by atoms with Gasteiger partial charge < -0.3 is 15.0 Å². The van der Waals surface area contributed by atoms with E-state index in [1.54, 1.807) is 12.1 Å². The van der Waals surface area contributed by atoms with E-state index in [-0.39, 0.29) is 5.82 Å². The number of benzene rings is 1. The number of ether oxygens (including phenoxy) is 1. The molecule has 0 aliphatic carbocycles. The zero-order valence-corrected chi connectivity index (χ0v) is 13.8. The van der Waals surface area contributed by atoms with Crippen LogP contribution < -0.4 is 10.1 Å². The number of hydrogen-bond donors (Lipinski definition) is 1. The van der Waals surface area contributed by atoms with E-state index in [1.807, 2.05) is 6.07 Å². The van der Waals surface area contributed by atoms with E-state index >= 15 is 0 Å². The van der Waals surface area contributed by atoms with Crippen LogP contribution in [0.4, 0.5) is 4.39 Å². The van der Waals surface area contributed by atoms with Crippen LogP contribution >= 0.6 is 0 Å². The Balaban J connectivity index is 2.43. The van der Waals surface area contributed by atoms with Crippen LogP contribution in [-0.2, 0) is 6.54 Å². The molecule has 0 heterocycles. The summed E-state index contributed by atoms with van der Waals surface area (Å²) in [4.78, 5) is 2.25. The van der Waals surface area contributed by atoms with Crippen LogP contribution in [0.1, 0.15) is 33.3 Å². The van der Waals surface area contributed by atoms with Crippen LogP contribution in [0.2, 0.25) is 0 Å². The summed E-state index contributed by atoms with van der Waals surface area (Å²) >= 11 is 0. The second-order valence-corrected chi connectivity index (χ2v) is 5.66. The normalized spacial score (nSPS) is 11.4. The van der Waals surface area contributed by atoms with Crippen molar-refractivity contribution in [2.75, 3.05) is 32.8 Å². The van der Waals surface area contributed by atoms with Crippen LogP contribution in [0.3, 0.4) is 0 Å². The van der Waals surface area contributed by atoms with Gasteiger partial charge in [-0.2, -0.15) is 0 Å². The molecular weight excluding hydrogens is 267 g/mol. The second kappa shape index (κ2) is 9.74. The largest absolute Gasteiger partial charge is 0.489 e. The van der Waals surface area contributed by atoms with Crippen LogP contribution in [0, 0.1) is 11.7 Å².